The molecule has 0 saturated carbocycles. The first-order chi connectivity index (χ1) is 11.2. The van der Waals surface area contributed by atoms with Crippen molar-refractivity contribution in [3.63, 3.8) is 0 Å². The maximum atomic E-state index is 13.0. The molecule has 2 aromatic rings. The summed E-state index contributed by atoms with van der Waals surface area (Å²) >= 11 is 3.17. The molecule has 0 saturated heterocycles. The smallest absolute Gasteiger partial charge is 0.338 e. The zero-order valence-electron chi connectivity index (χ0n) is 12.5. The number of rotatable bonds is 5. The number of carbonyl (C=O) groups excluding carboxylic acids is 1. The van der Waals surface area contributed by atoms with Gasteiger partial charge in [-0.25, -0.2) is 22.7 Å². The van der Waals surface area contributed by atoms with E-state index in [1.165, 1.54) is 37.4 Å². The summed E-state index contributed by atoms with van der Waals surface area (Å²) in [4.78, 5) is 11.8. The molecule has 128 valence electrons. The van der Waals surface area contributed by atoms with Crippen LogP contribution in [0.5, 0.6) is 5.75 Å². The number of ether oxygens (including phenoxy) is 2. The molecule has 0 heterocycles. The fraction of sp³-hybridized carbons (Fsp3) is 0.133. The topological polar surface area (TPSA) is 95.7 Å². The number of methoxy groups -OCH3 is 1. The molecule has 0 aliphatic heterocycles. The van der Waals surface area contributed by atoms with Gasteiger partial charge in [0.15, 0.2) is 0 Å². The van der Waals surface area contributed by atoms with E-state index in [9.17, 15) is 17.6 Å². The Morgan fingerprint density at radius 1 is 1.25 bits per heavy atom. The van der Waals surface area contributed by atoms with Crippen molar-refractivity contribution >= 4 is 31.9 Å². The summed E-state index contributed by atoms with van der Waals surface area (Å²) in [7, 11) is -2.78. The molecule has 0 radical (unpaired) electrons. The zero-order valence-corrected chi connectivity index (χ0v) is 14.9. The molecule has 0 aliphatic rings. The summed E-state index contributed by atoms with van der Waals surface area (Å²) in [6.45, 7) is -0.115. The number of nitrogens with two attached hydrogens (primary N) is 1. The monoisotopic (exact) mass is 417 g/mol. The Morgan fingerprint density at radius 3 is 2.54 bits per heavy atom. The maximum Gasteiger partial charge on any atom is 0.338 e. The van der Waals surface area contributed by atoms with Crippen LogP contribution in [-0.2, 0) is 21.4 Å². The van der Waals surface area contributed by atoms with Crippen LogP contribution in [0.1, 0.15) is 15.9 Å². The predicted octanol–water partition coefficient (Wildman–Crippen LogP) is 2.60. The molecule has 0 bridgehead atoms. The number of halogens is 2. The van der Waals surface area contributed by atoms with Gasteiger partial charge in [-0.05, 0) is 30.3 Å². The molecule has 6 nitrogen and oxygen atoms in total. The van der Waals surface area contributed by atoms with E-state index in [0.717, 1.165) is 6.07 Å². The summed E-state index contributed by atoms with van der Waals surface area (Å²) < 4.78 is 46.6. The van der Waals surface area contributed by atoms with Crippen LogP contribution < -0.4 is 9.88 Å². The van der Waals surface area contributed by atoms with Crippen LogP contribution >= 0.6 is 15.9 Å². The highest BCUT2D eigenvalue weighted by Gasteiger charge is 2.19. The molecule has 0 aliphatic carbocycles. The minimum absolute atomic E-state index is 0.00180. The highest BCUT2D eigenvalue weighted by Crippen LogP contribution is 2.25. The summed E-state index contributed by atoms with van der Waals surface area (Å²) in [5, 5.41) is 5.10. The second kappa shape index (κ2) is 7.29. The molecular formula is C15H13BrFNO5S. The number of primary sulfonamides is 1. The molecule has 0 fully saturated rings. The lowest BCUT2D eigenvalue weighted by atomic mass is 10.2. The van der Waals surface area contributed by atoms with E-state index in [1.807, 2.05) is 0 Å². The summed E-state index contributed by atoms with van der Waals surface area (Å²) in [5.41, 5.74) is 0.558. The zero-order chi connectivity index (χ0) is 17.9. The fourth-order valence-electron chi connectivity index (χ4n) is 1.89. The van der Waals surface area contributed by atoms with E-state index in [0.29, 0.717) is 10.0 Å². The standard InChI is InChI=1S/C15H13BrFNO5S/c1-22-13-5-3-9(6-14(13)24(18,20)21)15(19)23-8-10-2-4-11(17)7-12(10)16/h2-7H,8H2,1H3,(H2,18,20,21). The molecule has 0 unspecified atom stereocenters. The SMILES string of the molecule is COc1ccc(C(=O)OCc2ccc(F)cc2Br)cc1S(N)(=O)=O. The Balaban J connectivity index is 2.21. The summed E-state index contributed by atoms with van der Waals surface area (Å²) in [6.07, 6.45) is 0. The van der Waals surface area contributed by atoms with Gasteiger partial charge >= 0.3 is 5.97 Å². The van der Waals surface area contributed by atoms with Crippen LogP contribution in [0.15, 0.2) is 45.8 Å². The van der Waals surface area contributed by atoms with Crippen molar-refractivity contribution < 1.29 is 27.1 Å². The van der Waals surface area contributed by atoms with Crippen molar-refractivity contribution in [3.05, 3.63) is 57.8 Å². The Hall–Kier alpha value is -1.97. The normalized spacial score (nSPS) is 11.2. The van der Waals surface area contributed by atoms with Crippen molar-refractivity contribution in [2.24, 2.45) is 5.14 Å². The first-order valence-corrected chi connectivity index (χ1v) is 8.88. The predicted molar refractivity (Wildman–Crippen MR) is 87.6 cm³/mol. The van der Waals surface area contributed by atoms with Gasteiger partial charge < -0.3 is 9.47 Å². The van der Waals surface area contributed by atoms with Gasteiger partial charge in [-0.15, -0.1) is 0 Å². The van der Waals surface area contributed by atoms with Gasteiger partial charge in [0.2, 0.25) is 10.0 Å². The van der Waals surface area contributed by atoms with Gasteiger partial charge in [-0.3, -0.25) is 0 Å². The number of sulfonamides is 1. The Kier molecular flexibility index (Phi) is 5.58. The second-order valence-corrected chi connectivity index (χ2v) is 7.11. The van der Waals surface area contributed by atoms with Gasteiger partial charge in [-0.1, -0.05) is 22.0 Å². The molecule has 2 aromatic carbocycles. The van der Waals surface area contributed by atoms with Crippen LogP contribution in [0.25, 0.3) is 0 Å². The first kappa shape index (κ1) is 18.4. The average Bonchev–Trinajstić information content (AvgIpc) is 2.52. The molecule has 9 heteroatoms. The lowest BCUT2D eigenvalue weighted by Crippen LogP contribution is -2.15. The lowest BCUT2D eigenvalue weighted by Gasteiger charge is -2.10. The number of esters is 1. The van der Waals surface area contributed by atoms with Crippen molar-refractivity contribution in [3.8, 4) is 5.75 Å². The number of benzene rings is 2. The minimum Gasteiger partial charge on any atom is -0.495 e. The number of carbonyl (C=O) groups is 1. The van der Waals surface area contributed by atoms with Crippen molar-refractivity contribution in [2.75, 3.05) is 7.11 Å². The van der Waals surface area contributed by atoms with Gasteiger partial charge in [-0.2, -0.15) is 0 Å². The molecule has 0 amide bonds. The van der Waals surface area contributed by atoms with Crippen molar-refractivity contribution in [1.82, 2.24) is 0 Å². The third-order valence-electron chi connectivity index (χ3n) is 3.08. The van der Waals surface area contributed by atoms with Crippen LogP contribution in [-0.4, -0.2) is 21.5 Å². The quantitative estimate of drug-likeness (QED) is 0.754. The molecule has 2 N–H and O–H groups in total. The van der Waals surface area contributed by atoms with E-state index in [1.54, 1.807) is 0 Å². The average molecular weight is 418 g/mol. The van der Waals surface area contributed by atoms with E-state index in [-0.39, 0.29) is 22.8 Å². The molecule has 0 aromatic heterocycles. The summed E-state index contributed by atoms with van der Waals surface area (Å²) in [5.74, 6) is -1.15. The highest BCUT2D eigenvalue weighted by molar-refractivity contribution is 9.10. The van der Waals surface area contributed by atoms with Gasteiger partial charge in [0.25, 0.3) is 0 Å². The van der Waals surface area contributed by atoms with E-state index in [4.69, 9.17) is 14.6 Å². The van der Waals surface area contributed by atoms with Crippen LogP contribution in [0.3, 0.4) is 0 Å². The lowest BCUT2D eigenvalue weighted by molar-refractivity contribution is 0.0471. The molecular weight excluding hydrogens is 405 g/mol. The van der Waals surface area contributed by atoms with Gasteiger partial charge in [0, 0.05) is 10.0 Å². The minimum atomic E-state index is -4.06. The fourth-order valence-corrected chi connectivity index (χ4v) is 3.08. The summed E-state index contributed by atoms with van der Waals surface area (Å²) in [6, 6.07) is 7.70. The molecule has 0 spiro atoms. The number of hydrogen-bond donors (Lipinski definition) is 1. The number of hydrogen-bond acceptors (Lipinski definition) is 5. The van der Waals surface area contributed by atoms with E-state index < -0.39 is 21.8 Å². The van der Waals surface area contributed by atoms with Gasteiger partial charge in [0.05, 0.1) is 12.7 Å². The maximum absolute atomic E-state index is 13.0. The first-order valence-electron chi connectivity index (χ1n) is 6.54. The van der Waals surface area contributed by atoms with Crippen LogP contribution in [0.2, 0.25) is 0 Å². The van der Waals surface area contributed by atoms with Gasteiger partial charge in [0.1, 0.15) is 23.1 Å². The Morgan fingerprint density at radius 2 is 1.96 bits per heavy atom. The van der Waals surface area contributed by atoms with E-state index >= 15 is 0 Å². The second-order valence-electron chi connectivity index (χ2n) is 4.72. The molecule has 24 heavy (non-hydrogen) atoms. The van der Waals surface area contributed by atoms with Crippen LogP contribution in [0, 0.1) is 5.82 Å². The highest BCUT2D eigenvalue weighted by atomic mass is 79.9. The van der Waals surface area contributed by atoms with Crippen molar-refractivity contribution in [1.29, 1.82) is 0 Å². The Labute approximate surface area is 146 Å². The Bertz CT molecular complexity index is 885. The molecule has 0 atom stereocenters. The molecule has 2 rings (SSSR count). The third-order valence-corrected chi connectivity index (χ3v) is 4.75. The third kappa shape index (κ3) is 4.31. The largest absolute Gasteiger partial charge is 0.495 e. The van der Waals surface area contributed by atoms with Crippen LogP contribution in [0.4, 0.5) is 4.39 Å². The van der Waals surface area contributed by atoms with E-state index in [2.05, 4.69) is 15.9 Å². The van der Waals surface area contributed by atoms with Crippen molar-refractivity contribution in [2.45, 2.75) is 11.5 Å².